The van der Waals surface area contributed by atoms with Crippen LogP contribution in [0.25, 0.3) is 0 Å². The number of ether oxygens (including phenoxy) is 1. The van der Waals surface area contributed by atoms with Gasteiger partial charge in [-0.2, -0.15) is 0 Å². The Bertz CT molecular complexity index is 659. The van der Waals surface area contributed by atoms with Gasteiger partial charge in [-0.1, -0.05) is 17.7 Å². The van der Waals surface area contributed by atoms with Crippen LogP contribution in [0.15, 0.2) is 42.5 Å². The van der Waals surface area contributed by atoms with E-state index in [0.29, 0.717) is 10.8 Å². The van der Waals surface area contributed by atoms with Gasteiger partial charge in [-0.05, 0) is 30.3 Å². The molecule has 22 heavy (non-hydrogen) atoms. The van der Waals surface area contributed by atoms with Crippen LogP contribution in [0, 0.1) is 11.6 Å². The smallest absolute Gasteiger partial charge is 0.253 e. The molecule has 0 bridgehead atoms. The van der Waals surface area contributed by atoms with Crippen LogP contribution in [0.1, 0.15) is 10.4 Å². The lowest BCUT2D eigenvalue weighted by molar-refractivity contribution is 0.0772. The van der Waals surface area contributed by atoms with Gasteiger partial charge in [0.1, 0.15) is 24.0 Å². The molecule has 0 unspecified atom stereocenters. The van der Waals surface area contributed by atoms with Crippen molar-refractivity contribution < 1.29 is 18.3 Å². The van der Waals surface area contributed by atoms with E-state index in [2.05, 4.69) is 0 Å². The lowest BCUT2D eigenvalue weighted by atomic mass is 10.2. The molecule has 0 aliphatic rings. The van der Waals surface area contributed by atoms with Gasteiger partial charge in [0.15, 0.2) is 0 Å². The fraction of sp³-hybridized carbons (Fsp3) is 0.188. The number of carbonyl (C=O) groups is 1. The molecule has 0 N–H and O–H groups in total. The second kappa shape index (κ2) is 7.22. The molecule has 2 rings (SSSR count). The summed E-state index contributed by atoms with van der Waals surface area (Å²) in [6.07, 6.45) is 0. The molecular weight excluding hydrogens is 312 g/mol. The third-order valence-corrected chi connectivity index (χ3v) is 3.18. The summed E-state index contributed by atoms with van der Waals surface area (Å²) < 4.78 is 31.7. The Morgan fingerprint density at radius 1 is 1.18 bits per heavy atom. The van der Waals surface area contributed by atoms with E-state index in [0.717, 1.165) is 18.2 Å². The van der Waals surface area contributed by atoms with E-state index >= 15 is 0 Å². The first-order valence-corrected chi connectivity index (χ1v) is 6.93. The minimum Gasteiger partial charge on any atom is -0.492 e. The Morgan fingerprint density at radius 3 is 2.50 bits per heavy atom. The normalized spacial score (nSPS) is 10.4. The van der Waals surface area contributed by atoms with E-state index in [1.165, 1.54) is 11.9 Å². The number of benzene rings is 2. The van der Waals surface area contributed by atoms with Gasteiger partial charge in [-0.15, -0.1) is 0 Å². The number of amides is 1. The Morgan fingerprint density at radius 2 is 1.86 bits per heavy atom. The van der Waals surface area contributed by atoms with Crippen molar-refractivity contribution in [2.45, 2.75) is 0 Å². The maximum Gasteiger partial charge on any atom is 0.253 e. The van der Waals surface area contributed by atoms with Crippen LogP contribution in [0.2, 0.25) is 5.02 Å². The van der Waals surface area contributed by atoms with Gasteiger partial charge in [0, 0.05) is 23.7 Å². The Kier molecular flexibility index (Phi) is 5.33. The van der Waals surface area contributed by atoms with Crippen LogP contribution in [0.4, 0.5) is 8.78 Å². The van der Waals surface area contributed by atoms with Crippen molar-refractivity contribution in [1.82, 2.24) is 4.90 Å². The summed E-state index contributed by atoms with van der Waals surface area (Å²) in [4.78, 5) is 13.4. The molecule has 2 aromatic rings. The summed E-state index contributed by atoms with van der Waals surface area (Å²) in [6.45, 7) is 0.504. The molecule has 0 aromatic heterocycles. The van der Waals surface area contributed by atoms with Crippen molar-refractivity contribution >= 4 is 17.5 Å². The predicted octanol–water partition coefficient (Wildman–Crippen LogP) is 3.77. The molecule has 0 atom stereocenters. The number of rotatable bonds is 5. The second-order valence-corrected chi connectivity index (χ2v) is 5.13. The van der Waals surface area contributed by atoms with E-state index < -0.39 is 17.5 Å². The lowest BCUT2D eigenvalue weighted by Gasteiger charge is -2.17. The van der Waals surface area contributed by atoms with Crippen molar-refractivity contribution in [2.24, 2.45) is 0 Å². The standard InChI is InChI=1S/C16H14ClF2NO2/c1-20(5-6-22-15-4-2-3-12(17)9-15)16(21)11-7-13(18)10-14(19)8-11/h2-4,7-10H,5-6H2,1H3. The van der Waals surface area contributed by atoms with Crippen LogP contribution >= 0.6 is 11.6 Å². The fourth-order valence-corrected chi connectivity index (χ4v) is 2.04. The van der Waals surface area contributed by atoms with Crippen LogP contribution in [-0.2, 0) is 0 Å². The van der Waals surface area contributed by atoms with E-state index in [1.54, 1.807) is 24.3 Å². The fourth-order valence-electron chi connectivity index (χ4n) is 1.86. The highest BCUT2D eigenvalue weighted by Gasteiger charge is 2.14. The molecule has 0 saturated carbocycles. The molecule has 3 nitrogen and oxygen atoms in total. The summed E-state index contributed by atoms with van der Waals surface area (Å²) >= 11 is 5.83. The van der Waals surface area contributed by atoms with Gasteiger partial charge < -0.3 is 9.64 Å². The average Bonchev–Trinajstić information content (AvgIpc) is 2.45. The van der Waals surface area contributed by atoms with Crippen molar-refractivity contribution in [1.29, 1.82) is 0 Å². The van der Waals surface area contributed by atoms with Crippen molar-refractivity contribution in [3.05, 3.63) is 64.7 Å². The summed E-state index contributed by atoms with van der Waals surface area (Å²) in [6, 6.07) is 9.60. The number of likely N-dealkylation sites (N-methyl/N-ethyl adjacent to an activating group) is 1. The lowest BCUT2D eigenvalue weighted by Crippen LogP contribution is -2.31. The number of carbonyl (C=O) groups excluding carboxylic acids is 1. The van der Waals surface area contributed by atoms with Gasteiger partial charge in [0.25, 0.3) is 5.91 Å². The summed E-state index contributed by atoms with van der Waals surface area (Å²) in [5.74, 6) is -1.46. The van der Waals surface area contributed by atoms with Crippen molar-refractivity contribution in [2.75, 3.05) is 20.2 Å². The van der Waals surface area contributed by atoms with Gasteiger partial charge in [0.05, 0.1) is 6.54 Å². The highest BCUT2D eigenvalue weighted by Crippen LogP contribution is 2.17. The SMILES string of the molecule is CN(CCOc1cccc(Cl)c1)C(=O)c1cc(F)cc(F)c1. The third-order valence-electron chi connectivity index (χ3n) is 2.95. The Hall–Kier alpha value is -2.14. The molecule has 0 spiro atoms. The van der Waals surface area contributed by atoms with Gasteiger partial charge in [-0.3, -0.25) is 4.79 Å². The molecule has 0 fully saturated rings. The molecule has 116 valence electrons. The topological polar surface area (TPSA) is 29.5 Å². The van der Waals surface area contributed by atoms with Crippen LogP contribution in [0.5, 0.6) is 5.75 Å². The molecule has 0 aliphatic carbocycles. The zero-order valence-electron chi connectivity index (χ0n) is 11.9. The minimum atomic E-state index is -0.785. The van der Waals surface area contributed by atoms with E-state index in [1.807, 2.05) is 0 Å². The molecular formula is C16H14ClF2NO2. The van der Waals surface area contributed by atoms with Crippen LogP contribution < -0.4 is 4.74 Å². The molecule has 2 aromatic carbocycles. The first-order chi connectivity index (χ1) is 10.5. The molecule has 0 radical (unpaired) electrons. The van der Waals surface area contributed by atoms with E-state index in [4.69, 9.17) is 16.3 Å². The predicted molar refractivity (Wildman–Crippen MR) is 80.3 cm³/mol. The maximum atomic E-state index is 13.1. The van der Waals surface area contributed by atoms with E-state index in [-0.39, 0.29) is 18.7 Å². The van der Waals surface area contributed by atoms with Gasteiger partial charge >= 0.3 is 0 Å². The summed E-state index contributed by atoms with van der Waals surface area (Å²) in [5, 5.41) is 0.553. The summed E-state index contributed by atoms with van der Waals surface area (Å²) in [7, 11) is 1.53. The second-order valence-electron chi connectivity index (χ2n) is 4.69. The van der Waals surface area contributed by atoms with Gasteiger partial charge in [0.2, 0.25) is 0 Å². The number of hydrogen-bond donors (Lipinski definition) is 0. The Labute approximate surface area is 132 Å². The van der Waals surface area contributed by atoms with Crippen LogP contribution in [0.3, 0.4) is 0 Å². The quantitative estimate of drug-likeness (QED) is 0.837. The zero-order chi connectivity index (χ0) is 16.1. The molecule has 0 aliphatic heterocycles. The molecule has 0 saturated heterocycles. The van der Waals surface area contributed by atoms with Crippen molar-refractivity contribution in [3.63, 3.8) is 0 Å². The van der Waals surface area contributed by atoms with Crippen molar-refractivity contribution in [3.8, 4) is 5.75 Å². The largest absolute Gasteiger partial charge is 0.492 e. The highest BCUT2D eigenvalue weighted by molar-refractivity contribution is 6.30. The zero-order valence-corrected chi connectivity index (χ0v) is 12.6. The van der Waals surface area contributed by atoms with Gasteiger partial charge in [-0.25, -0.2) is 8.78 Å². The number of nitrogens with zero attached hydrogens (tertiary/aromatic N) is 1. The molecule has 0 heterocycles. The maximum absolute atomic E-state index is 13.1. The van der Waals surface area contributed by atoms with Crippen LogP contribution in [-0.4, -0.2) is 31.0 Å². The first-order valence-electron chi connectivity index (χ1n) is 6.55. The minimum absolute atomic E-state index is 0.0391. The third kappa shape index (κ3) is 4.43. The number of hydrogen-bond acceptors (Lipinski definition) is 2. The van der Waals surface area contributed by atoms with E-state index in [9.17, 15) is 13.6 Å². The number of halogens is 3. The molecule has 6 heteroatoms. The summed E-state index contributed by atoms with van der Waals surface area (Å²) in [5.41, 5.74) is -0.0391. The average molecular weight is 326 g/mol. The monoisotopic (exact) mass is 325 g/mol. The Balaban J connectivity index is 1.91. The highest BCUT2D eigenvalue weighted by atomic mass is 35.5. The first kappa shape index (κ1) is 16.2. The molecule has 1 amide bonds.